The summed E-state index contributed by atoms with van der Waals surface area (Å²) in [7, 11) is 2.63. The Kier molecular flexibility index (Phi) is 10.1. The molecule has 4 heterocycles. The zero-order valence-corrected chi connectivity index (χ0v) is 28.9. The van der Waals surface area contributed by atoms with E-state index in [1.165, 1.54) is 19.1 Å². The zero-order valence-electron chi connectivity index (χ0n) is 28.9. The van der Waals surface area contributed by atoms with Gasteiger partial charge in [0.25, 0.3) is 0 Å². The Morgan fingerprint density at radius 1 is 0.843 bits per heavy atom. The summed E-state index contributed by atoms with van der Waals surface area (Å²) < 4.78 is 4.60. The van der Waals surface area contributed by atoms with Crippen molar-refractivity contribution in [1.29, 1.82) is 0 Å². The maximum Gasteiger partial charge on any atom is 0.407 e. The minimum atomic E-state index is -1.15. The van der Waals surface area contributed by atoms with Crippen LogP contribution in [-0.4, -0.2) is 114 Å². The molecule has 2 aromatic carbocycles. The molecular weight excluding hydrogens is 656 g/mol. The number of H-pyrrole nitrogens is 2. The van der Waals surface area contributed by atoms with Crippen molar-refractivity contribution in [2.75, 3.05) is 27.2 Å². The Labute approximate surface area is 294 Å². The number of carboxylic acid groups (broad SMARTS) is 1. The molecule has 5 N–H and O–H groups in total. The molecule has 15 heteroatoms. The number of aromatic nitrogens is 4. The lowest BCUT2D eigenvalue weighted by Crippen LogP contribution is -2.47. The number of hydrogen-bond donors (Lipinski definition) is 5. The van der Waals surface area contributed by atoms with E-state index in [-0.39, 0.29) is 17.9 Å². The molecule has 0 spiro atoms. The number of methoxy groups -OCH3 is 1. The first-order valence-corrected chi connectivity index (χ1v) is 16.9. The second-order valence-corrected chi connectivity index (χ2v) is 12.9. The van der Waals surface area contributed by atoms with Crippen molar-refractivity contribution >= 4 is 24.0 Å². The first-order valence-electron chi connectivity index (χ1n) is 16.9. The number of aliphatic hydroxyl groups is 1. The number of likely N-dealkylation sites (N-methyl/N-ethyl adjacent to an activating group) is 1. The van der Waals surface area contributed by atoms with Gasteiger partial charge in [0, 0.05) is 43.7 Å². The van der Waals surface area contributed by atoms with Gasteiger partial charge < -0.3 is 40.0 Å². The van der Waals surface area contributed by atoms with Crippen LogP contribution in [0.25, 0.3) is 33.6 Å². The predicted molar refractivity (Wildman–Crippen MR) is 186 cm³/mol. The summed E-state index contributed by atoms with van der Waals surface area (Å²) in [5.74, 6) is 0.556. The highest BCUT2D eigenvalue weighted by Crippen LogP contribution is 2.35. The Morgan fingerprint density at radius 2 is 1.39 bits per heavy atom. The number of nitrogens with zero attached hydrogens (tertiary/aromatic N) is 5. The monoisotopic (exact) mass is 698 g/mol. The zero-order chi connectivity index (χ0) is 36.4. The second-order valence-electron chi connectivity index (χ2n) is 12.9. The van der Waals surface area contributed by atoms with Gasteiger partial charge in [-0.05, 0) is 44.2 Å². The van der Waals surface area contributed by atoms with Crippen LogP contribution in [0.1, 0.15) is 56.8 Å². The number of likely N-dealkylation sites (tertiary alicyclic amines) is 2. The van der Waals surface area contributed by atoms with E-state index in [0.717, 1.165) is 45.7 Å². The predicted octanol–water partition coefficient (Wildman–Crippen LogP) is 4.17. The van der Waals surface area contributed by atoms with Crippen molar-refractivity contribution in [3.63, 3.8) is 0 Å². The van der Waals surface area contributed by atoms with Gasteiger partial charge in [-0.25, -0.2) is 19.6 Å². The molecule has 2 aromatic heterocycles. The Morgan fingerprint density at radius 3 is 1.96 bits per heavy atom. The average Bonchev–Trinajstić information content (AvgIpc) is 3.97. The van der Waals surface area contributed by atoms with Crippen LogP contribution < -0.4 is 5.32 Å². The number of amides is 4. The lowest BCUT2D eigenvalue weighted by atomic mass is 10.0. The maximum atomic E-state index is 13.1. The third-order valence-electron chi connectivity index (χ3n) is 9.80. The van der Waals surface area contributed by atoms with Crippen molar-refractivity contribution in [2.45, 2.75) is 63.4 Å². The lowest BCUT2D eigenvalue weighted by Gasteiger charge is -2.29. The smallest absolute Gasteiger partial charge is 0.407 e. The topological polar surface area (TPSA) is 197 Å². The Hall–Kier alpha value is -5.70. The molecule has 268 valence electrons. The lowest BCUT2D eigenvalue weighted by molar-refractivity contribution is -0.136. The van der Waals surface area contributed by atoms with Gasteiger partial charge in [-0.1, -0.05) is 48.5 Å². The molecule has 4 amide bonds. The quantitative estimate of drug-likeness (QED) is 0.170. The summed E-state index contributed by atoms with van der Waals surface area (Å²) in [6.45, 7) is 4.04. The largest absolute Gasteiger partial charge is 0.465 e. The molecule has 2 aliphatic heterocycles. The van der Waals surface area contributed by atoms with Crippen LogP contribution in [0.3, 0.4) is 0 Å². The minimum Gasteiger partial charge on any atom is -0.465 e. The fourth-order valence-corrected chi connectivity index (χ4v) is 6.74. The van der Waals surface area contributed by atoms with Crippen molar-refractivity contribution in [3.8, 4) is 33.6 Å². The van der Waals surface area contributed by atoms with E-state index < -0.39 is 36.4 Å². The number of rotatable bonds is 9. The number of imidazole rings is 2. The number of aliphatic hydroxyl groups excluding tert-OH is 1. The molecule has 0 unspecified atom stereocenters. The molecule has 2 fully saturated rings. The molecule has 0 saturated carbocycles. The number of nitrogens with one attached hydrogen (secondary N) is 3. The SMILES string of the molecule is COC(=O)N[C@@H](C)C(=O)N1CC[C@H](O)[C@H]1c1nc(-c2ccc(-c3ccc(-c4c[nH]c([C@@H]5CCCN5C(=O)[C@H](C)N(C)C(=O)O)n4)cc3)cc2)c[nH]1. The van der Waals surface area contributed by atoms with Crippen LogP contribution in [-0.2, 0) is 14.3 Å². The van der Waals surface area contributed by atoms with Gasteiger partial charge in [-0.15, -0.1) is 0 Å². The third kappa shape index (κ3) is 7.15. The summed E-state index contributed by atoms with van der Waals surface area (Å²) in [6, 6.07) is 13.4. The Bertz CT molecular complexity index is 1890. The highest BCUT2D eigenvalue weighted by Gasteiger charge is 2.41. The molecule has 15 nitrogen and oxygen atoms in total. The molecule has 0 radical (unpaired) electrons. The van der Waals surface area contributed by atoms with Gasteiger partial charge in [0.2, 0.25) is 11.8 Å². The van der Waals surface area contributed by atoms with Crippen molar-refractivity contribution in [2.24, 2.45) is 0 Å². The number of carbonyl (C=O) groups excluding carboxylic acids is 3. The van der Waals surface area contributed by atoms with Gasteiger partial charge in [-0.3, -0.25) is 14.5 Å². The van der Waals surface area contributed by atoms with Gasteiger partial charge in [0.1, 0.15) is 29.8 Å². The maximum absolute atomic E-state index is 13.1. The number of carbonyl (C=O) groups is 4. The van der Waals surface area contributed by atoms with Crippen molar-refractivity contribution < 1.29 is 34.1 Å². The number of benzene rings is 2. The van der Waals surface area contributed by atoms with Gasteiger partial charge >= 0.3 is 12.2 Å². The van der Waals surface area contributed by atoms with Crippen LogP contribution in [0.4, 0.5) is 9.59 Å². The number of ether oxygens (including phenoxy) is 1. The van der Waals surface area contributed by atoms with E-state index >= 15 is 0 Å². The highest BCUT2D eigenvalue weighted by atomic mass is 16.5. The van der Waals surface area contributed by atoms with Crippen LogP contribution in [0.5, 0.6) is 0 Å². The Balaban J connectivity index is 1.11. The minimum absolute atomic E-state index is 0.240. The van der Waals surface area contributed by atoms with Gasteiger partial charge in [0.05, 0.1) is 30.6 Å². The van der Waals surface area contributed by atoms with Crippen LogP contribution in [0.15, 0.2) is 60.9 Å². The van der Waals surface area contributed by atoms with E-state index in [1.54, 1.807) is 24.9 Å². The van der Waals surface area contributed by atoms with Crippen molar-refractivity contribution in [3.05, 3.63) is 72.6 Å². The summed E-state index contributed by atoms with van der Waals surface area (Å²) in [5, 5.41) is 22.5. The number of alkyl carbamates (subject to hydrolysis) is 1. The first-order chi connectivity index (χ1) is 24.5. The van der Waals surface area contributed by atoms with Crippen LogP contribution >= 0.6 is 0 Å². The summed E-state index contributed by atoms with van der Waals surface area (Å²) in [6.07, 6.45) is 2.85. The van der Waals surface area contributed by atoms with E-state index in [9.17, 15) is 29.4 Å². The fraction of sp³-hybridized carbons (Fsp3) is 0.389. The van der Waals surface area contributed by atoms with Crippen LogP contribution in [0.2, 0.25) is 0 Å². The fourth-order valence-electron chi connectivity index (χ4n) is 6.74. The summed E-state index contributed by atoms with van der Waals surface area (Å²) >= 11 is 0. The molecule has 0 bridgehead atoms. The molecule has 51 heavy (non-hydrogen) atoms. The van der Waals surface area contributed by atoms with Crippen molar-refractivity contribution in [1.82, 2.24) is 40.0 Å². The van der Waals surface area contributed by atoms with E-state index in [0.29, 0.717) is 36.9 Å². The number of aromatic amines is 2. The molecular formula is C36H42N8O7. The summed E-state index contributed by atoms with van der Waals surface area (Å²) in [4.78, 5) is 69.4. The molecule has 2 saturated heterocycles. The van der Waals surface area contributed by atoms with Gasteiger partial charge in [-0.2, -0.15) is 0 Å². The summed E-state index contributed by atoms with van der Waals surface area (Å²) in [5.41, 5.74) is 5.19. The highest BCUT2D eigenvalue weighted by molar-refractivity contribution is 5.86. The standard InChI is InChI=1S/C36H42N8O7/c1-20(39-35(48)51-4)33(46)44-17-15-29(45)30(44)32-38-19-27(41-32)25-13-9-23(10-14-25)22-7-11-24(12-8-22)26-18-37-31(40-26)28-6-5-16-43(28)34(47)21(2)42(3)36(49)50/h7-14,18-21,28-30,45H,5-6,15-17H2,1-4H3,(H,37,40)(H,38,41)(H,39,48)(H,49,50)/t20-,21-,28-,29-,30-/m0/s1. The van der Waals surface area contributed by atoms with E-state index in [4.69, 9.17) is 9.97 Å². The first kappa shape index (κ1) is 35.1. The molecule has 5 atom stereocenters. The van der Waals surface area contributed by atoms with E-state index in [1.807, 2.05) is 54.7 Å². The molecule has 6 rings (SSSR count). The average molecular weight is 699 g/mol. The normalized spacial score (nSPS) is 19.8. The number of hydrogen-bond acceptors (Lipinski definition) is 8. The van der Waals surface area contributed by atoms with Crippen LogP contribution in [0, 0.1) is 0 Å². The molecule has 2 aliphatic rings. The third-order valence-corrected chi connectivity index (χ3v) is 9.80. The molecule has 0 aliphatic carbocycles. The molecule has 4 aromatic rings. The van der Waals surface area contributed by atoms with E-state index in [2.05, 4.69) is 20.0 Å². The second kappa shape index (κ2) is 14.6. The van der Waals surface area contributed by atoms with Gasteiger partial charge in [0.15, 0.2) is 0 Å².